The third-order valence-corrected chi connectivity index (χ3v) is 3.57. The molecule has 1 aromatic carbocycles. The molecular weight excluding hydrogens is 244 g/mol. The van der Waals surface area contributed by atoms with Crippen molar-refractivity contribution in [1.82, 2.24) is 0 Å². The molecule has 1 fully saturated rings. The highest BCUT2D eigenvalue weighted by Gasteiger charge is 2.43. The molecule has 0 radical (unpaired) electrons. The number of rotatable bonds is 3. The highest BCUT2D eigenvalue weighted by atomic mass is 79.9. The normalized spacial score (nSPS) is 17.9. The zero-order valence-corrected chi connectivity index (χ0v) is 9.67. The molecule has 0 spiro atoms. The summed E-state index contributed by atoms with van der Waals surface area (Å²) in [6.45, 7) is 0.234. The lowest BCUT2D eigenvalue weighted by molar-refractivity contribution is 0.254. The molecule has 0 saturated heterocycles. The van der Waals surface area contributed by atoms with Crippen LogP contribution in [0.25, 0.3) is 0 Å². The predicted octanol–water partition coefficient (Wildman–Crippen LogP) is 2.48. The van der Waals surface area contributed by atoms with E-state index in [1.807, 2.05) is 12.1 Å². The van der Waals surface area contributed by atoms with Crippen molar-refractivity contribution >= 4 is 15.9 Å². The van der Waals surface area contributed by atoms with Gasteiger partial charge in [0, 0.05) is 5.41 Å². The standard InChI is InChI=1S/C11H13BrO2/c1-14-10-6-8(2-3-9(10)12)11(7-13)4-5-11/h2-3,6,13H,4-5,7H2,1H3. The van der Waals surface area contributed by atoms with Gasteiger partial charge in [-0.1, -0.05) is 6.07 Å². The van der Waals surface area contributed by atoms with E-state index in [1.165, 1.54) is 5.56 Å². The molecule has 1 saturated carbocycles. The van der Waals surface area contributed by atoms with Crippen LogP contribution in [0.3, 0.4) is 0 Å². The third-order valence-electron chi connectivity index (χ3n) is 2.92. The Bertz CT molecular complexity index is 345. The van der Waals surface area contributed by atoms with Crippen LogP contribution in [-0.4, -0.2) is 18.8 Å². The van der Waals surface area contributed by atoms with Crippen LogP contribution in [0.4, 0.5) is 0 Å². The lowest BCUT2D eigenvalue weighted by atomic mass is 9.97. The fourth-order valence-corrected chi connectivity index (χ4v) is 2.09. The molecule has 76 valence electrons. The second kappa shape index (κ2) is 3.55. The van der Waals surface area contributed by atoms with Crippen molar-refractivity contribution in [3.63, 3.8) is 0 Å². The Morgan fingerprint density at radius 2 is 2.21 bits per heavy atom. The maximum atomic E-state index is 9.29. The molecular formula is C11H13BrO2. The molecule has 3 heteroatoms. The van der Waals surface area contributed by atoms with Crippen LogP contribution < -0.4 is 4.74 Å². The monoisotopic (exact) mass is 256 g/mol. The van der Waals surface area contributed by atoms with Crippen LogP contribution in [-0.2, 0) is 5.41 Å². The van der Waals surface area contributed by atoms with Crippen LogP contribution in [0.15, 0.2) is 22.7 Å². The van der Waals surface area contributed by atoms with Gasteiger partial charge in [-0.25, -0.2) is 0 Å². The van der Waals surface area contributed by atoms with Gasteiger partial charge in [0.15, 0.2) is 0 Å². The number of hydrogen-bond acceptors (Lipinski definition) is 2. The van der Waals surface area contributed by atoms with Crippen LogP contribution in [0.1, 0.15) is 18.4 Å². The minimum atomic E-state index is 0.0218. The summed E-state index contributed by atoms with van der Waals surface area (Å²) in [6, 6.07) is 6.03. The van der Waals surface area contributed by atoms with Crippen molar-refractivity contribution in [3.05, 3.63) is 28.2 Å². The Morgan fingerprint density at radius 1 is 1.50 bits per heavy atom. The Kier molecular flexibility index (Phi) is 2.54. The highest BCUT2D eigenvalue weighted by Crippen LogP contribution is 2.48. The van der Waals surface area contributed by atoms with Gasteiger partial charge in [-0.2, -0.15) is 0 Å². The van der Waals surface area contributed by atoms with Crippen molar-refractivity contribution in [2.45, 2.75) is 18.3 Å². The SMILES string of the molecule is COc1cc(C2(CO)CC2)ccc1Br. The first-order valence-electron chi connectivity index (χ1n) is 4.67. The van der Waals surface area contributed by atoms with Crippen molar-refractivity contribution in [3.8, 4) is 5.75 Å². The van der Waals surface area contributed by atoms with E-state index < -0.39 is 0 Å². The number of halogens is 1. The second-order valence-electron chi connectivity index (χ2n) is 3.79. The molecule has 2 nitrogen and oxygen atoms in total. The summed E-state index contributed by atoms with van der Waals surface area (Å²) in [5, 5.41) is 9.29. The predicted molar refractivity (Wildman–Crippen MR) is 58.7 cm³/mol. The van der Waals surface area contributed by atoms with Crippen LogP contribution in [0.2, 0.25) is 0 Å². The number of aliphatic hydroxyl groups excluding tert-OH is 1. The molecule has 0 heterocycles. The topological polar surface area (TPSA) is 29.5 Å². The quantitative estimate of drug-likeness (QED) is 0.901. The van der Waals surface area contributed by atoms with Crippen LogP contribution in [0.5, 0.6) is 5.75 Å². The Hall–Kier alpha value is -0.540. The largest absolute Gasteiger partial charge is 0.496 e. The molecule has 0 amide bonds. The number of aliphatic hydroxyl groups is 1. The minimum absolute atomic E-state index is 0.0218. The van der Waals surface area contributed by atoms with Crippen molar-refractivity contribution in [1.29, 1.82) is 0 Å². The molecule has 1 aliphatic rings. The van der Waals surface area contributed by atoms with E-state index in [0.29, 0.717) is 0 Å². The van der Waals surface area contributed by atoms with Gasteiger partial charge in [0.25, 0.3) is 0 Å². The highest BCUT2D eigenvalue weighted by molar-refractivity contribution is 9.10. The molecule has 2 rings (SSSR count). The van der Waals surface area contributed by atoms with Gasteiger partial charge in [-0.3, -0.25) is 0 Å². The first-order chi connectivity index (χ1) is 6.72. The van der Waals surface area contributed by atoms with Crippen LogP contribution >= 0.6 is 15.9 Å². The van der Waals surface area contributed by atoms with Gasteiger partial charge in [0.2, 0.25) is 0 Å². The minimum Gasteiger partial charge on any atom is -0.496 e. The summed E-state index contributed by atoms with van der Waals surface area (Å²) in [6.07, 6.45) is 2.16. The van der Waals surface area contributed by atoms with Gasteiger partial charge >= 0.3 is 0 Å². The van der Waals surface area contributed by atoms with E-state index in [-0.39, 0.29) is 12.0 Å². The van der Waals surface area contributed by atoms with E-state index in [1.54, 1.807) is 7.11 Å². The molecule has 0 atom stereocenters. The van der Waals surface area contributed by atoms with Gasteiger partial charge in [-0.15, -0.1) is 0 Å². The van der Waals surface area contributed by atoms with Gasteiger partial charge in [0.05, 0.1) is 18.2 Å². The summed E-state index contributed by atoms with van der Waals surface area (Å²) >= 11 is 3.41. The van der Waals surface area contributed by atoms with Crippen molar-refractivity contribution in [2.75, 3.05) is 13.7 Å². The zero-order valence-electron chi connectivity index (χ0n) is 8.09. The molecule has 0 unspecified atom stereocenters. The molecule has 1 aromatic rings. The molecule has 14 heavy (non-hydrogen) atoms. The first-order valence-corrected chi connectivity index (χ1v) is 5.46. The second-order valence-corrected chi connectivity index (χ2v) is 4.64. The first kappa shape index (κ1) is 9.99. The summed E-state index contributed by atoms with van der Waals surface area (Å²) in [5.74, 6) is 0.835. The van der Waals surface area contributed by atoms with E-state index >= 15 is 0 Å². The smallest absolute Gasteiger partial charge is 0.133 e. The summed E-state index contributed by atoms with van der Waals surface area (Å²) in [4.78, 5) is 0. The lowest BCUT2D eigenvalue weighted by Gasteiger charge is -2.13. The number of benzene rings is 1. The molecule has 0 aromatic heterocycles. The third kappa shape index (κ3) is 1.55. The molecule has 0 bridgehead atoms. The summed E-state index contributed by atoms with van der Waals surface area (Å²) < 4.78 is 6.18. The van der Waals surface area contributed by atoms with Crippen molar-refractivity contribution in [2.24, 2.45) is 0 Å². The maximum absolute atomic E-state index is 9.29. The van der Waals surface area contributed by atoms with Gasteiger partial charge in [-0.05, 0) is 46.5 Å². The average molecular weight is 257 g/mol. The zero-order chi connectivity index (χ0) is 10.2. The number of methoxy groups -OCH3 is 1. The number of ether oxygens (including phenoxy) is 1. The molecule has 1 N–H and O–H groups in total. The summed E-state index contributed by atoms with van der Waals surface area (Å²) in [5.41, 5.74) is 1.20. The van der Waals surface area contributed by atoms with Gasteiger partial charge < -0.3 is 9.84 Å². The Labute approximate surface area is 92.0 Å². The fraction of sp³-hybridized carbons (Fsp3) is 0.455. The Morgan fingerprint density at radius 3 is 2.71 bits per heavy atom. The van der Waals surface area contributed by atoms with E-state index in [9.17, 15) is 5.11 Å². The lowest BCUT2D eigenvalue weighted by Crippen LogP contribution is -2.11. The summed E-state index contributed by atoms with van der Waals surface area (Å²) in [7, 11) is 1.66. The Balaban J connectivity index is 2.36. The van der Waals surface area contributed by atoms with E-state index in [2.05, 4.69) is 22.0 Å². The molecule has 0 aliphatic heterocycles. The van der Waals surface area contributed by atoms with Crippen LogP contribution in [0, 0.1) is 0 Å². The van der Waals surface area contributed by atoms with E-state index in [4.69, 9.17) is 4.74 Å². The molecule has 1 aliphatic carbocycles. The fourth-order valence-electron chi connectivity index (χ4n) is 1.68. The van der Waals surface area contributed by atoms with Gasteiger partial charge in [0.1, 0.15) is 5.75 Å². The number of hydrogen-bond donors (Lipinski definition) is 1. The average Bonchev–Trinajstić information content (AvgIpc) is 2.99. The van der Waals surface area contributed by atoms with E-state index in [0.717, 1.165) is 23.1 Å². The maximum Gasteiger partial charge on any atom is 0.133 e. The van der Waals surface area contributed by atoms with Crippen molar-refractivity contribution < 1.29 is 9.84 Å².